The minimum atomic E-state index is 0. The number of hydrogen-bond donors (Lipinski definition) is 2. The van der Waals surface area contributed by atoms with Gasteiger partial charge in [-0.05, 0) is 41.8 Å². The van der Waals surface area contributed by atoms with Crippen LogP contribution >= 0.6 is 0 Å². The van der Waals surface area contributed by atoms with Gasteiger partial charge in [0.15, 0.2) is 0 Å². The van der Waals surface area contributed by atoms with Crippen LogP contribution in [-0.2, 0) is 9.59 Å². The third kappa shape index (κ3) is 1760. The standard InChI is InChI=1S/2C3H6O.2CH5N.CH4/c2*1-3(2)4;2*1-2;/h2*1-2H3;2*2H2,1H3;1H4. The molecule has 0 aliphatic rings. The van der Waals surface area contributed by atoms with Gasteiger partial charge in [-0.1, -0.05) is 7.43 Å². The summed E-state index contributed by atoms with van der Waals surface area (Å²) in [5, 5.41) is 0. The molecule has 0 saturated heterocycles. The molecular formula is C9H26N2O2. The number of rotatable bonds is 0. The molecule has 0 radical (unpaired) electrons. The Hall–Kier alpha value is -0.740. The molecule has 0 amide bonds. The Labute approximate surface area is 82.7 Å². The maximum absolute atomic E-state index is 9.44. The first-order chi connectivity index (χ1) is 5.46. The second-order valence-corrected chi connectivity index (χ2v) is 1.82. The van der Waals surface area contributed by atoms with Gasteiger partial charge in [-0.25, -0.2) is 0 Å². The van der Waals surface area contributed by atoms with Gasteiger partial charge in [-0.3, -0.25) is 0 Å². The zero-order chi connectivity index (χ0) is 11.2. The summed E-state index contributed by atoms with van der Waals surface area (Å²) in [5.41, 5.74) is 9.00. The van der Waals surface area contributed by atoms with E-state index in [4.69, 9.17) is 0 Å². The van der Waals surface area contributed by atoms with Crippen molar-refractivity contribution >= 4 is 11.6 Å². The van der Waals surface area contributed by atoms with Gasteiger partial charge in [0.05, 0.1) is 0 Å². The van der Waals surface area contributed by atoms with Gasteiger partial charge in [0.2, 0.25) is 0 Å². The lowest BCUT2D eigenvalue weighted by Gasteiger charge is -1.56. The van der Waals surface area contributed by atoms with E-state index in [0.717, 1.165) is 0 Å². The smallest absolute Gasteiger partial charge is 0.126 e. The molecule has 84 valence electrons. The fraction of sp³-hybridized carbons (Fsp3) is 0.778. The summed E-state index contributed by atoms with van der Waals surface area (Å²) in [6.07, 6.45) is 0. The first-order valence-corrected chi connectivity index (χ1v) is 3.56. The van der Waals surface area contributed by atoms with Gasteiger partial charge in [-0.2, -0.15) is 0 Å². The fourth-order valence-electron chi connectivity index (χ4n) is 0. The van der Waals surface area contributed by atoms with Crippen LogP contribution in [0.25, 0.3) is 0 Å². The number of nitrogens with two attached hydrogens (primary N) is 2. The number of Topliss-reactive ketones (excluding diaryl/α,β-unsaturated/α-hetero) is 2. The molecule has 0 aromatic carbocycles. The van der Waals surface area contributed by atoms with Crippen molar-refractivity contribution in [1.29, 1.82) is 0 Å². The largest absolute Gasteiger partial charge is 0.333 e. The van der Waals surface area contributed by atoms with Crippen LogP contribution in [0.15, 0.2) is 0 Å². The SMILES string of the molecule is C.CC(C)=O.CC(C)=O.CN.CN. The lowest BCUT2D eigenvalue weighted by atomic mass is 10.6. The number of carbonyl (C=O) groups excluding carboxylic acids is 2. The molecule has 0 rings (SSSR count). The number of ketones is 2. The summed E-state index contributed by atoms with van der Waals surface area (Å²) in [7, 11) is 3.00. The van der Waals surface area contributed by atoms with Crippen molar-refractivity contribution in [3.63, 3.8) is 0 Å². The van der Waals surface area contributed by atoms with E-state index in [-0.39, 0.29) is 19.0 Å². The highest BCUT2D eigenvalue weighted by Gasteiger charge is 1.62. The van der Waals surface area contributed by atoms with Crippen molar-refractivity contribution in [3.05, 3.63) is 0 Å². The molecule has 0 unspecified atom stereocenters. The highest BCUT2D eigenvalue weighted by atomic mass is 16.1. The van der Waals surface area contributed by atoms with Crippen LogP contribution in [0.1, 0.15) is 35.1 Å². The van der Waals surface area contributed by atoms with E-state index in [2.05, 4.69) is 11.5 Å². The van der Waals surface area contributed by atoms with Crippen LogP contribution in [0.4, 0.5) is 0 Å². The normalized spacial score (nSPS) is 4.92. The topological polar surface area (TPSA) is 86.2 Å². The molecule has 0 aliphatic heterocycles. The summed E-state index contributed by atoms with van der Waals surface area (Å²) < 4.78 is 0. The molecule has 4 N–H and O–H groups in total. The van der Waals surface area contributed by atoms with E-state index in [9.17, 15) is 9.59 Å². The van der Waals surface area contributed by atoms with Crippen molar-refractivity contribution in [3.8, 4) is 0 Å². The monoisotopic (exact) mass is 194 g/mol. The van der Waals surface area contributed by atoms with Gasteiger partial charge < -0.3 is 21.1 Å². The fourth-order valence-corrected chi connectivity index (χ4v) is 0. The third-order valence-electron chi connectivity index (χ3n) is 0. The van der Waals surface area contributed by atoms with E-state index in [1.54, 1.807) is 0 Å². The maximum atomic E-state index is 9.44. The Bertz CT molecular complexity index is 73.6. The molecule has 4 heteroatoms. The highest BCUT2D eigenvalue weighted by Crippen LogP contribution is 1.50. The Balaban J connectivity index is -0.0000000226. The Morgan fingerprint density at radius 3 is 0.692 bits per heavy atom. The van der Waals surface area contributed by atoms with E-state index in [1.165, 1.54) is 41.8 Å². The number of carbonyl (C=O) groups is 2. The molecule has 0 spiro atoms. The molecule has 0 heterocycles. The summed E-state index contributed by atoms with van der Waals surface area (Å²) in [6, 6.07) is 0. The Morgan fingerprint density at radius 1 is 0.692 bits per heavy atom. The van der Waals surface area contributed by atoms with Gasteiger partial charge in [0.25, 0.3) is 0 Å². The third-order valence-corrected chi connectivity index (χ3v) is 0. The van der Waals surface area contributed by atoms with Crippen LogP contribution in [0.2, 0.25) is 0 Å². The van der Waals surface area contributed by atoms with Gasteiger partial charge in [-0.15, -0.1) is 0 Å². The summed E-state index contributed by atoms with van der Waals surface area (Å²) in [5.74, 6) is 0.333. The zero-order valence-electron chi connectivity index (χ0n) is 8.97. The molecule has 0 aromatic heterocycles. The summed E-state index contributed by atoms with van der Waals surface area (Å²) in [6.45, 7) is 6.11. The van der Waals surface area contributed by atoms with E-state index in [1.807, 2.05) is 0 Å². The molecule has 0 aromatic rings. The summed E-state index contributed by atoms with van der Waals surface area (Å²) in [4.78, 5) is 18.9. The first-order valence-electron chi connectivity index (χ1n) is 3.56. The van der Waals surface area contributed by atoms with Gasteiger partial charge >= 0.3 is 0 Å². The predicted octanol–water partition coefficient (Wildman–Crippen LogP) is 0.977. The van der Waals surface area contributed by atoms with Crippen LogP contribution in [0.5, 0.6) is 0 Å². The summed E-state index contributed by atoms with van der Waals surface area (Å²) >= 11 is 0. The minimum Gasteiger partial charge on any atom is -0.333 e. The van der Waals surface area contributed by atoms with Crippen molar-refractivity contribution in [2.24, 2.45) is 11.5 Å². The van der Waals surface area contributed by atoms with Crippen molar-refractivity contribution < 1.29 is 9.59 Å². The van der Waals surface area contributed by atoms with Gasteiger partial charge in [0.1, 0.15) is 11.6 Å². The quantitative estimate of drug-likeness (QED) is 0.601. The van der Waals surface area contributed by atoms with Crippen LogP contribution in [0, 0.1) is 0 Å². The Morgan fingerprint density at radius 2 is 0.692 bits per heavy atom. The molecule has 4 nitrogen and oxygen atoms in total. The second kappa shape index (κ2) is 42.8. The Kier molecular flexibility index (Phi) is 97.2. The lowest BCUT2D eigenvalue weighted by Crippen LogP contribution is -1.69. The molecule has 0 bridgehead atoms. The van der Waals surface area contributed by atoms with Crippen LogP contribution in [0.3, 0.4) is 0 Å². The van der Waals surface area contributed by atoms with Crippen LogP contribution in [-0.4, -0.2) is 25.7 Å². The van der Waals surface area contributed by atoms with E-state index in [0.29, 0.717) is 0 Å². The molecular weight excluding hydrogens is 168 g/mol. The average molecular weight is 194 g/mol. The first kappa shape index (κ1) is 29.5. The van der Waals surface area contributed by atoms with Crippen molar-refractivity contribution in [2.45, 2.75) is 35.1 Å². The van der Waals surface area contributed by atoms with Crippen LogP contribution < -0.4 is 11.5 Å². The maximum Gasteiger partial charge on any atom is 0.126 e. The molecule has 0 fully saturated rings. The highest BCUT2D eigenvalue weighted by molar-refractivity contribution is 5.72. The molecule has 0 saturated carbocycles. The average Bonchev–Trinajstić information content (AvgIpc) is 1.93. The minimum absolute atomic E-state index is 0. The predicted molar refractivity (Wildman–Crippen MR) is 59.7 cm³/mol. The van der Waals surface area contributed by atoms with E-state index >= 15 is 0 Å². The second-order valence-electron chi connectivity index (χ2n) is 1.82. The number of hydrogen-bond acceptors (Lipinski definition) is 4. The van der Waals surface area contributed by atoms with Gasteiger partial charge in [0, 0.05) is 0 Å². The van der Waals surface area contributed by atoms with E-state index < -0.39 is 0 Å². The zero-order valence-corrected chi connectivity index (χ0v) is 8.97. The molecule has 13 heavy (non-hydrogen) atoms. The molecule has 0 aliphatic carbocycles. The lowest BCUT2D eigenvalue weighted by molar-refractivity contribution is -0.115. The van der Waals surface area contributed by atoms with Crippen molar-refractivity contribution in [2.75, 3.05) is 14.1 Å². The van der Waals surface area contributed by atoms with Crippen molar-refractivity contribution in [1.82, 2.24) is 0 Å². The molecule has 0 atom stereocenters.